The van der Waals surface area contributed by atoms with Crippen LogP contribution in [0, 0.1) is 0 Å². The molecule has 9 nitrogen and oxygen atoms in total. The second kappa shape index (κ2) is 6.57. The van der Waals surface area contributed by atoms with Gasteiger partial charge in [-0.1, -0.05) is 0 Å². The summed E-state index contributed by atoms with van der Waals surface area (Å²) in [6.07, 6.45) is 1.18. The molecule has 124 valence electrons. The number of methoxy groups -OCH3 is 1. The summed E-state index contributed by atoms with van der Waals surface area (Å²) in [7, 11) is 3.42. The predicted octanol–water partition coefficient (Wildman–Crippen LogP) is -0.691. The van der Waals surface area contributed by atoms with Gasteiger partial charge in [-0.15, -0.1) is 17.4 Å². The lowest BCUT2D eigenvalue weighted by Gasteiger charge is -2.34. The summed E-state index contributed by atoms with van der Waals surface area (Å²) < 4.78 is 10.9. The second-order valence-electron chi connectivity index (χ2n) is 5.28. The van der Waals surface area contributed by atoms with Crippen LogP contribution in [0.25, 0.3) is 5.57 Å². The SMILES string of the molecule is COc1nc(C2=CC(=O)NC2=O)nc([N+]2(C)CCOCC2)n1.Cl. The minimum absolute atomic E-state index is 0. The topological polar surface area (TPSA) is 103 Å². The Bertz CT molecular complexity index is 672. The van der Waals surface area contributed by atoms with Gasteiger partial charge >= 0.3 is 12.0 Å². The fourth-order valence-corrected chi connectivity index (χ4v) is 2.32. The number of likely N-dealkylation sites (N-methyl/N-ethyl adjacent to an activating group) is 1. The lowest BCUT2D eigenvalue weighted by atomic mass is 10.2. The van der Waals surface area contributed by atoms with E-state index in [-0.39, 0.29) is 29.8 Å². The first kappa shape index (κ1) is 17.3. The van der Waals surface area contributed by atoms with Gasteiger partial charge < -0.3 is 9.47 Å². The Labute approximate surface area is 138 Å². The Hall–Kier alpha value is -2.10. The van der Waals surface area contributed by atoms with Gasteiger partial charge in [0, 0.05) is 6.08 Å². The van der Waals surface area contributed by atoms with E-state index in [0.29, 0.717) is 36.7 Å². The number of carbonyl (C=O) groups is 2. The number of carbonyl (C=O) groups excluding carboxylic acids is 2. The molecule has 2 aliphatic rings. The van der Waals surface area contributed by atoms with Gasteiger partial charge in [-0.05, 0) is 0 Å². The largest absolute Gasteiger partial charge is 0.467 e. The van der Waals surface area contributed by atoms with Crippen molar-refractivity contribution in [3.8, 4) is 6.01 Å². The molecule has 1 N–H and O–H groups in total. The molecule has 0 spiro atoms. The van der Waals surface area contributed by atoms with Crippen molar-refractivity contribution in [2.45, 2.75) is 0 Å². The van der Waals surface area contributed by atoms with Gasteiger partial charge in [-0.2, -0.15) is 9.97 Å². The van der Waals surface area contributed by atoms with Gasteiger partial charge in [-0.25, -0.2) is 0 Å². The number of morpholine rings is 1. The van der Waals surface area contributed by atoms with Crippen LogP contribution in [-0.2, 0) is 14.3 Å². The summed E-state index contributed by atoms with van der Waals surface area (Å²) in [5.74, 6) is -0.379. The number of rotatable bonds is 3. The Morgan fingerprint density at radius 1 is 1.22 bits per heavy atom. The third kappa shape index (κ3) is 3.31. The van der Waals surface area contributed by atoms with Gasteiger partial charge in [0.05, 0.1) is 32.9 Å². The highest BCUT2D eigenvalue weighted by atomic mass is 35.5. The smallest absolute Gasteiger partial charge is 0.335 e. The molecular weight excluding hydrogens is 326 g/mol. The predicted molar refractivity (Wildman–Crippen MR) is 83.0 cm³/mol. The maximum atomic E-state index is 11.8. The minimum Gasteiger partial charge on any atom is -0.467 e. The van der Waals surface area contributed by atoms with Crippen molar-refractivity contribution < 1.29 is 19.1 Å². The van der Waals surface area contributed by atoms with Crippen LogP contribution < -0.4 is 14.5 Å². The highest BCUT2D eigenvalue weighted by Gasteiger charge is 2.34. The molecule has 0 unspecified atom stereocenters. The van der Waals surface area contributed by atoms with Crippen LogP contribution in [0.2, 0.25) is 0 Å². The van der Waals surface area contributed by atoms with Crippen molar-refractivity contribution in [2.75, 3.05) is 40.5 Å². The third-order valence-electron chi connectivity index (χ3n) is 3.72. The monoisotopic (exact) mass is 342 g/mol. The van der Waals surface area contributed by atoms with Crippen molar-refractivity contribution in [3.63, 3.8) is 0 Å². The van der Waals surface area contributed by atoms with Crippen LogP contribution in [0.3, 0.4) is 0 Å². The summed E-state index contributed by atoms with van der Waals surface area (Å²) >= 11 is 0. The normalized spacial score (nSPS) is 19.7. The molecule has 23 heavy (non-hydrogen) atoms. The standard InChI is InChI=1S/C13H15N5O4.ClH/c1-18(3-5-22-6-4-18)12-15-10(16-13(17-12)21-2)8-7-9(19)14-11(8)20;/h7H,3-6H2,1-2H3;1H/p+1. The maximum absolute atomic E-state index is 11.8. The average molecular weight is 343 g/mol. The number of nitrogens with zero attached hydrogens (tertiary/aromatic N) is 4. The lowest BCUT2D eigenvalue weighted by molar-refractivity contribution is -0.123. The molecule has 0 bridgehead atoms. The Balaban J connectivity index is 0.00000192. The van der Waals surface area contributed by atoms with Crippen molar-refractivity contribution in [1.82, 2.24) is 24.8 Å². The highest BCUT2D eigenvalue weighted by molar-refractivity contribution is 6.32. The van der Waals surface area contributed by atoms with Gasteiger partial charge in [-0.3, -0.25) is 19.4 Å². The number of aromatic nitrogens is 3. The summed E-state index contributed by atoms with van der Waals surface area (Å²) in [5.41, 5.74) is 0.117. The summed E-state index contributed by atoms with van der Waals surface area (Å²) in [4.78, 5) is 35.8. The summed E-state index contributed by atoms with van der Waals surface area (Å²) in [6.45, 7) is 2.61. The van der Waals surface area contributed by atoms with Crippen LogP contribution >= 0.6 is 12.4 Å². The van der Waals surface area contributed by atoms with Crippen molar-refractivity contribution >= 4 is 35.7 Å². The molecule has 1 saturated heterocycles. The van der Waals surface area contributed by atoms with E-state index >= 15 is 0 Å². The van der Waals surface area contributed by atoms with Crippen LogP contribution in [-0.4, -0.2) is 67.2 Å². The molecule has 0 saturated carbocycles. The molecule has 3 heterocycles. The van der Waals surface area contributed by atoms with Crippen LogP contribution in [0.4, 0.5) is 5.95 Å². The molecule has 10 heteroatoms. The minimum atomic E-state index is -0.520. The number of nitrogens with one attached hydrogen (secondary N) is 1. The molecule has 3 rings (SSSR count). The Kier molecular flexibility index (Phi) is 4.93. The maximum Gasteiger partial charge on any atom is 0.335 e. The molecule has 1 aromatic rings. The molecule has 0 radical (unpaired) electrons. The summed E-state index contributed by atoms with van der Waals surface area (Å²) in [5, 5.41) is 2.17. The van der Waals surface area contributed by atoms with E-state index < -0.39 is 11.8 Å². The van der Waals surface area contributed by atoms with Crippen LogP contribution in [0.5, 0.6) is 6.01 Å². The quantitative estimate of drug-likeness (QED) is 0.572. The fraction of sp³-hybridized carbons (Fsp3) is 0.462. The molecule has 2 aliphatic heterocycles. The zero-order chi connectivity index (χ0) is 15.7. The number of hydrogen-bond acceptors (Lipinski definition) is 7. The molecule has 0 aliphatic carbocycles. The Morgan fingerprint density at radius 2 is 1.91 bits per heavy atom. The van der Waals surface area contributed by atoms with Crippen molar-refractivity contribution in [2.24, 2.45) is 0 Å². The first-order valence-corrected chi connectivity index (χ1v) is 6.82. The number of quaternary nitrogens is 1. The van der Waals surface area contributed by atoms with E-state index in [9.17, 15) is 9.59 Å². The van der Waals surface area contributed by atoms with E-state index in [1.807, 2.05) is 7.05 Å². The van der Waals surface area contributed by atoms with Crippen molar-refractivity contribution in [1.29, 1.82) is 0 Å². The zero-order valence-electron chi connectivity index (χ0n) is 12.7. The molecule has 2 amide bonds. The first-order valence-electron chi connectivity index (χ1n) is 6.82. The average Bonchev–Trinajstić information content (AvgIpc) is 2.86. The fourth-order valence-electron chi connectivity index (χ4n) is 2.32. The molecular formula is C13H17ClN5O4+. The summed E-state index contributed by atoms with van der Waals surface area (Å²) in [6, 6.07) is 0.110. The van der Waals surface area contributed by atoms with E-state index in [0.717, 1.165) is 0 Å². The lowest BCUT2D eigenvalue weighted by Crippen LogP contribution is -2.54. The molecule has 1 aromatic heterocycles. The molecule has 1 fully saturated rings. The van der Waals surface area contributed by atoms with Crippen LogP contribution in [0.15, 0.2) is 6.08 Å². The number of ether oxygens (including phenoxy) is 2. The number of amides is 2. The van der Waals surface area contributed by atoms with E-state index in [4.69, 9.17) is 9.47 Å². The van der Waals surface area contributed by atoms with Gasteiger partial charge in [0.15, 0.2) is 5.82 Å². The zero-order valence-corrected chi connectivity index (χ0v) is 13.6. The second-order valence-corrected chi connectivity index (χ2v) is 5.28. The van der Waals surface area contributed by atoms with E-state index in [1.54, 1.807) is 0 Å². The molecule has 0 atom stereocenters. The molecule has 0 aromatic carbocycles. The van der Waals surface area contributed by atoms with Crippen LogP contribution in [0.1, 0.15) is 5.82 Å². The van der Waals surface area contributed by atoms with Gasteiger partial charge in [0.2, 0.25) is 0 Å². The third-order valence-corrected chi connectivity index (χ3v) is 3.72. The highest BCUT2D eigenvalue weighted by Crippen LogP contribution is 2.23. The van der Waals surface area contributed by atoms with E-state index in [2.05, 4.69) is 20.3 Å². The van der Waals surface area contributed by atoms with Gasteiger partial charge in [0.1, 0.15) is 13.1 Å². The number of hydrogen-bond donors (Lipinski definition) is 1. The Morgan fingerprint density at radius 3 is 2.48 bits per heavy atom. The van der Waals surface area contributed by atoms with E-state index in [1.165, 1.54) is 13.2 Å². The first-order chi connectivity index (χ1) is 10.5. The number of imide groups is 1. The number of halogens is 1. The van der Waals surface area contributed by atoms with Gasteiger partial charge in [0.25, 0.3) is 11.8 Å². The van der Waals surface area contributed by atoms with Crippen molar-refractivity contribution in [3.05, 3.63) is 11.9 Å².